The van der Waals surface area contributed by atoms with Gasteiger partial charge in [0, 0.05) is 24.4 Å². The number of nitrogens with zero attached hydrogens (tertiary/aromatic N) is 1. The molecule has 3 N–H and O–H groups in total. The van der Waals surface area contributed by atoms with Gasteiger partial charge in [0.1, 0.15) is 6.04 Å². The number of carbonyl (C=O) groups is 2. The van der Waals surface area contributed by atoms with Crippen molar-refractivity contribution in [2.45, 2.75) is 26.3 Å². The monoisotopic (exact) mass is 308 g/mol. The van der Waals surface area contributed by atoms with Crippen LogP contribution in [0.2, 0.25) is 0 Å². The van der Waals surface area contributed by atoms with Gasteiger partial charge in [-0.2, -0.15) is 0 Å². The molecule has 0 fully saturated rings. The van der Waals surface area contributed by atoms with Crippen LogP contribution in [-0.2, 0) is 9.59 Å². The number of non-ortho nitro benzene ring substituents is 1. The zero-order valence-electron chi connectivity index (χ0n) is 12.6. The lowest BCUT2D eigenvalue weighted by Crippen LogP contribution is -2.46. The van der Waals surface area contributed by atoms with Gasteiger partial charge < -0.3 is 16.0 Å². The molecule has 0 aliphatic heterocycles. The lowest BCUT2D eigenvalue weighted by Gasteiger charge is -2.14. The Hall–Kier alpha value is -2.64. The van der Waals surface area contributed by atoms with Gasteiger partial charge in [0.15, 0.2) is 0 Å². The molecular weight excluding hydrogens is 288 g/mol. The molecule has 0 saturated carbocycles. The number of anilines is 1. The number of carbonyl (C=O) groups excluding carboxylic acids is 2. The number of nitrogens with one attached hydrogen (secondary N) is 3. The van der Waals surface area contributed by atoms with Crippen LogP contribution in [0.4, 0.5) is 11.4 Å². The summed E-state index contributed by atoms with van der Waals surface area (Å²) in [6.45, 7) is 4.01. The lowest BCUT2D eigenvalue weighted by molar-refractivity contribution is -0.384. The summed E-state index contributed by atoms with van der Waals surface area (Å²) in [6.07, 6.45) is 0.820. The van der Waals surface area contributed by atoms with E-state index < -0.39 is 11.0 Å². The highest BCUT2D eigenvalue weighted by atomic mass is 16.6. The predicted molar refractivity (Wildman–Crippen MR) is 82.5 cm³/mol. The van der Waals surface area contributed by atoms with Gasteiger partial charge in [-0.3, -0.25) is 19.7 Å². The first-order valence-electron chi connectivity index (χ1n) is 6.99. The molecule has 0 aliphatic carbocycles. The molecule has 1 aromatic rings. The zero-order chi connectivity index (χ0) is 16.5. The fourth-order valence-corrected chi connectivity index (χ4v) is 1.67. The largest absolute Gasteiger partial charge is 0.376 e. The molecule has 0 radical (unpaired) electrons. The Labute approximate surface area is 128 Å². The van der Waals surface area contributed by atoms with Crippen LogP contribution in [0, 0.1) is 10.1 Å². The standard InChI is InChI=1S/C14H20N4O4/c1-3-7-15-14(20)10(2)17-13(19)9-16-11-5-4-6-12(8-11)18(21)22/h4-6,8,10,16H,3,7,9H2,1-2H3,(H,15,20)(H,17,19)/t10-/m1/s1. The maximum Gasteiger partial charge on any atom is 0.271 e. The number of nitro groups is 1. The first kappa shape index (κ1) is 17.4. The first-order valence-corrected chi connectivity index (χ1v) is 6.99. The zero-order valence-corrected chi connectivity index (χ0v) is 12.6. The van der Waals surface area contributed by atoms with E-state index in [9.17, 15) is 19.7 Å². The molecule has 1 aromatic carbocycles. The average Bonchev–Trinajstić information content (AvgIpc) is 2.50. The molecule has 0 saturated heterocycles. The molecule has 120 valence electrons. The first-order chi connectivity index (χ1) is 10.4. The Kier molecular flexibility index (Phi) is 6.81. The molecule has 0 bridgehead atoms. The van der Waals surface area contributed by atoms with E-state index in [-0.39, 0.29) is 24.0 Å². The molecule has 1 atom stereocenters. The van der Waals surface area contributed by atoms with Crippen molar-refractivity contribution in [2.24, 2.45) is 0 Å². The summed E-state index contributed by atoms with van der Waals surface area (Å²) >= 11 is 0. The van der Waals surface area contributed by atoms with E-state index in [0.717, 1.165) is 6.42 Å². The van der Waals surface area contributed by atoms with Crippen molar-refractivity contribution in [1.82, 2.24) is 10.6 Å². The third-order valence-electron chi connectivity index (χ3n) is 2.83. The van der Waals surface area contributed by atoms with Crippen molar-refractivity contribution >= 4 is 23.2 Å². The normalized spacial score (nSPS) is 11.4. The molecule has 22 heavy (non-hydrogen) atoms. The Morgan fingerprint density at radius 3 is 2.73 bits per heavy atom. The molecule has 0 spiro atoms. The van der Waals surface area contributed by atoms with Crippen molar-refractivity contribution in [3.8, 4) is 0 Å². The van der Waals surface area contributed by atoms with Crippen LogP contribution < -0.4 is 16.0 Å². The fourth-order valence-electron chi connectivity index (χ4n) is 1.67. The Bertz CT molecular complexity index is 547. The van der Waals surface area contributed by atoms with Crippen molar-refractivity contribution < 1.29 is 14.5 Å². The maximum absolute atomic E-state index is 11.7. The van der Waals surface area contributed by atoms with E-state index in [2.05, 4.69) is 16.0 Å². The van der Waals surface area contributed by atoms with Crippen LogP contribution in [0.1, 0.15) is 20.3 Å². The van der Waals surface area contributed by atoms with Crippen molar-refractivity contribution in [2.75, 3.05) is 18.4 Å². The van der Waals surface area contributed by atoms with Gasteiger partial charge in [-0.05, 0) is 19.4 Å². The Morgan fingerprint density at radius 1 is 1.36 bits per heavy atom. The molecule has 8 nitrogen and oxygen atoms in total. The summed E-state index contributed by atoms with van der Waals surface area (Å²) in [5.74, 6) is -0.615. The highest BCUT2D eigenvalue weighted by Gasteiger charge is 2.14. The smallest absolute Gasteiger partial charge is 0.271 e. The third kappa shape index (κ3) is 5.78. The van der Waals surface area contributed by atoms with Crippen LogP contribution in [0.3, 0.4) is 0 Å². The number of hydrogen-bond donors (Lipinski definition) is 3. The lowest BCUT2D eigenvalue weighted by atomic mass is 10.2. The Balaban J connectivity index is 2.44. The SMILES string of the molecule is CCCNC(=O)[C@@H](C)NC(=O)CNc1cccc([N+](=O)[O-])c1. The van der Waals surface area contributed by atoms with E-state index in [1.54, 1.807) is 13.0 Å². The van der Waals surface area contributed by atoms with E-state index in [0.29, 0.717) is 12.2 Å². The topological polar surface area (TPSA) is 113 Å². The predicted octanol–water partition coefficient (Wildman–Crippen LogP) is 1.04. The number of benzene rings is 1. The van der Waals surface area contributed by atoms with Gasteiger partial charge in [0.25, 0.3) is 5.69 Å². The number of amides is 2. The summed E-state index contributed by atoms with van der Waals surface area (Å²) in [5, 5.41) is 18.7. The second-order valence-corrected chi connectivity index (χ2v) is 4.74. The number of rotatable bonds is 8. The van der Waals surface area contributed by atoms with Gasteiger partial charge >= 0.3 is 0 Å². The summed E-state index contributed by atoms with van der Waals surface area (Å²) in [7, 11) is 0. The molecule has 0 heterocycles. The van der Waals surface area contributed by atoms with E-state index >= 15 is 0 Å². The van der Waals surface area contributed by atoms with Gasteiger partial charge in [0.05, 0.1) is 11.5 Å². The number of hydrogen-bond acceptors (Lipinski definition) is 5. The van der Waals surface area contributed by atoms with Crippen LogP contribution in [-0.4, -0.2) is 35.9 Å². The molecule has 0 unspecified atom stereocenters. The van der Waals surface area contributed by atoms with E-state index in [1.165, 1.54) is 18.2 Å². The minimum absolute atomic E-state index is 0.0577. The molecular formula is C14H20N4O4. The quantitative estimate of drug-likeness (QED) is 0.490. The maximum atomic E-state index is 11.7. The van der Waals surface area contributed by atoms with E-state index in [1.807, 2.05) is 6.92 Å². The highest BCUT2D eigenvalue weighted by molar-refractivity contribution is 5.88. The second-order valence-electron chi connectivity index (χ2n) is 4.74. The number of nitro benzene ring substituents is 1. The van der Waals surface area contributed by atoms with Gasteiger partial charge in [0.2, 0.25) is 11.8 Å². The summed E-state index contributed by atoms with van der Waals surface area (Å²) in [5.41, 5.74) is 0.408. The molecule has 1 rings (SSSR count). The third-order valence-corrected chi connectivity index (χ3v) is 2.83. The van der Waals surface area contributed by atoms with Crippen LogP contribution >= 0.6 is 0 Å². The van der Waals surface area contributed by atoms with Crippen LogP contribution in [0.25, 0.3) is 0 Å². The summed E-state index contributed by atoms with van der Waals surface area (Å²) in [4.78, 5) is 33.5. The minimum atomic E-state index is -0.633. The second kappa shape index (κ2) is 8.60. The fraction of sp³-hybridized carbons (Fsp3) is 0.429. The van der Waals surface area contributed by atoms with Crippen LogP contribution in [0.5, 0.6) is 0 Å². The molecule has 0 aromatic heterocycles. The van der Waals surface area contributed by atoms with Gasteiger partial charge in [-0.15, -0.1) is 0 Å². The molecule has 0 aliphatic rings. The van der Waals surface area contributed by atoms with Crippen LogP contribution in [0.15, 0.2) is 24.3 Å². The Morgan fingerprint density at radius 2 is 2.09 bits per heavy atom. The highest BCUT2D eigenvalue weighted by Crippen LogP contribution is 2.16. The van der Waals surface area contributed by atoms with Crippen molar-refractivity contribution in [3.05, 3.63) is 34.4 Å². The summed E-state index contributed by atoms with van der Waals surface area (Å²) < 4.78 is 0. The van der Waals surface area contributed by atoms with Gasteiger partial charge in [-0.1, -0.05) is 13.0 Å². The van der Waals surface area contributed by atoms with Crippen molar-refractivity contribution in [3.63, 3.8) is 0 Å². The molecule has 2 amide bonds. The molecule has 8 heteroatoms. The average molecular weight is 308 g/mol. The minimum Gasteiger partial charge on any atom is -0.376 e. The van der Waals surface area contributed by atoms with Gasteiger partial charge in [-0.25, -0.2) is 0 Å². The van der Waals surface area contributed by atoms with E-state index in [4.69, 9.17) is 0 Å². The summed E-state index contributed by atoms with van der Waals surface area (Å²) in [6, 6.07) is 5.22. The van der Waals surface area contributed by atoms with Crippen molar-refractivity contribution in [1.29, 1.82) is 0 Å².